The first-order valence-corrected chi connectivity index (χ1v) is 21.1. The van der Waals surface area contributed by atoms with Gasteiger partial charge in [0.2, 0.25) is 0 Å². The fraction of sp³-hybridized carbons (Fsp3) is 0.638. The number of ether oxygens (including phenoxy) is 2. The zero-order valence-electron chi connectivity index (χ0n) is 35.3. The third kappa shape index (κ3) is 11.5. The van der Waals surface area contributed by atoms with Crippen LogP contribution in [0.5, 0.6) is 0 Å². The standard InChI is InChI=1S/C47H72N2O8/c1-33(38-16-15-34(2)44(54)49-45(4,22-26-56-6)30-37-12-8-11-36(28-37)29-38)10-7-13-39(32-57-27-25-51)41-18-20-47(43(41)53)42(14-9-24-50)40(35(3)31-52)17-19-46(47,55)21-23-48-5/h7-8,10-13,15,28,31,38,41-44,48-51,53-55H,1,9,14,16-27,29-30,32H2,2-6H3/t38-,41+,42-,43+,44+,45-,46-,47+/m0/s1. The molecule has 0 unspecified atom stereocenters. The number of aliphatic hydroxyl groups is 5. The van der Waals surface area contributed by atoms with Crippen LogP contribution in [0.25, 0.3) is 0 Å². The van der Waals surface area contributed by atoms with Crippen molar-refractivity contribution in [2.24, 2.45) is 23.2 Å². The topological polar surface area (TPSA) is 161 Å². The Morgan fingerprint density at radius 1 is 1.12 bits per heavy atom. The van der Waals surface area contributed by atoms with Gasteiger partial charge < -0.3 is 40.3 Å². The van der Waals surface area contributed by atoms with Crippen LogP contribution in [0, 0.1) is 23.2 Å². The molecule has 1 aromatic rings. The highest BCUT2D eigenvalue weighted by Crippen LogP contribution is 2.64. The zero-order valence-corrected chi connectivity index (χ0v) is 35.3. The van der Waals surface area contributed by atoms with E-state index < -0.39 is 23.3 Å². The van der Waals surface area contributed by atoms with E-state index in [9.17, 15) is 30.3 Å². The monoisotopic (exact) mass is 793 g/mol. The maximum atomic E-state index is 12.6. The summed E-state index contributed by atoms with van der Waals surface area (Å²) < 4.78 is 11.3. The molecule has 2 aliphatic carbocycles. The minimum absolute atomic E-state index is 0.0170. The van der Waals surface area contributed by atoms with Crippen molar-refractivity contribution in [3.8, 4) is 0 Å². The Bertz CT molecular complexity index is 1600. The molecule has 10 heteroatoms. The van der Waals surface area contributed by atoms with E-state index in [4.69, 9.17) is 9.47 Å². The number of hydrogen-bond donors (Lipinski definition) is 7. The van der Waals surface area contributed by atoms with Crippen LogP contribution in [-0.2, 0) is 27.1 Å². The molecule has 10 nitrogen and oxygen atoms in total. The highest BCUT2D eigenvalue weighted by molar-refractivity contribution is 5.74. The maximum Gasteiger partial charge on any atom is 0.145 e. The van der Waals surface area contributed by atoms with Crippen LogP contribution < -0.4 is 10.6 Å². The smallest absolute Gasteiger partial charge is 0.145 e. The number of hydrogen-bond acceptors (Lipinski definition) is 10. The van der Waals surface area contributed by atoms with Crippen molar-refractivity contribution in [2.45, 2.75) is 115 Å². The Morgan fingerprint density at radius 3 is 2.60 bits per heavy atom. The van der Waals surface area contributed by atoms with Crippen molar-refractivity contribution in [3.05, 3.63) is 94.1 Å². The van der Waals surface area contributed by atoms with Crippen LogP contribution >= 0.6 is 0 Å². The van der Waals surface area contributed by atoms with Gasteiger partial charge in [-0.25, -0.2) is 0 Å². The highest BCUT2D eigenvalue weighted by atomic mass is 16.5. The number of carbonyl (C=O) groups is 1. The summed E-state index contributed by atoms with van der Waals surface area (Å²) in [6, 6.07) is 8.65. The second-order valence-corrected chi connectivity index (χ2v) is 17.1. The molecule has 3 aliphatic rings. The van der Waals surface area contributed by atoms with Gasteiger partial charge in [-0.05, 0) is 145 Å². The van der Waals surface area contributed by atoms with Crippen LogP contribution in [-0.4, -0.2) is 109 Å². The van der Waals surface area contributed by atoms with E-state index in [1.54, 1.807) is 7.11 Å². The molecular weight excluding hydrogens is 721 g/mol. The molecular formula is C47H72N2O8. The van der Waals surface area contributed by atoms with Gasteiger partial charge >= 0.3 is 0 Å². The SMILES string of the molecule is C=C(C=CC=C(COCCO)[C@H]1CC[C@]2([C@@H]1O)[C@@H](CCCO)C(=C(C)C=O)CC[C@]2(O)CCNC)[C@H]1CC=C(C)[C@@H](O)N[C@@](C)(CCOC)Cc2cccc(c2)C1. The summed E-state index contributed by atoms with van der Waals surface area (Å²) >= 11 is 0. The maximum absolute atomic E-state index is 12.6. The molecule has 1 heterocycles. The Morgan fingerprint density at radius 2 is 1.89 bits per heavy atom. The molecule has 0 radical (unpaired) electrons. The molecule has 2 fully saturated rings. The lowest BCUT2D eigenvalue weighted by Gasteiger charge is -2.57. The third-order valence-electron chi connectivity index (χ3n) is 13.3. The van der Waals surface area contributed by atoms with Crippen LogP contribution in [0.4, 0.5) is 0 Å². The summed E-state index contributed by atoms with van der Waals surface area (Å²) in [4.78, 5) is 12.2. The first-order valence-electron chi connectivity index (χ1n) is 21.1. The van der Waals surface area contributed by atoms with Gasteiger partial charge in [-0.3, -0.25) is 10.1 Å². The normalized spacial score (nSPS) is 32.2. The minimum atomic E-state index is -1.19. The molecule has 57 heavy (non-hydrogen) atoms. The first-order chi connectivity index (χ1) is 27.3. The van der Waals surface area contributed by atoms with Gasteiger partial charge in [0.15, 0.2) is 0 Å². The van der Waals surface area contributed by atoms with Crippen LogP contribution in [0.2, 0.25) is 0 Å². The van der Waals surface area contributed by atoms with Gasteiger partial charge in [0.05, 0.1) is 31.5 Å². The molecule has 7 N–H and O–H groups in total. The molecule has 0 aromatic heterocycles. The second-order valence-electron chi connectivity index (χ2n) is 17.1. The van der Waals surface area contributed by atoms with E-state index in [2.05, 4.69) is 54.5 Å². The number of aliphatic hydroxyl groups excluding tert-OH is 4. The van der Waals surface area contributed by atoms with E-state index in [1.807, 2.05) is 39.1 Å². The van der Waals surface area contributed by atoms with Crippen molar-refractivity contribution >= 4 is 6.29 Å². The fourth-order valence-electron chi connectivity index (χ4n) is 10.0. The van der Waals surface area contributed by atoms with E-state index in [-0.39, 0.29) is 49.7 Å². The number of nitrogens with one attached hydrogen (secondary N) is 2. The predicted molar refractivity (Wildman–Crippen MR) is 226 cm³/mol. The zero-order chi connectivity index (χ0) is 41.6. The summed E-state index contributed by atoms with van der Waals surface area (Å²) in [5, 5.41) is 62.7. The lowest BCUT2D eigenvalue weighted by Crippen LogP contribution is -2.61. The lowest BCUT2D eigenvalue weighted by molar-refractivity contribution is -0.180. The van der Waals surface area contributed by atoms with Crippen LogP contribution in [0.1, 0.15) is 89.7 Å². The minimum Gasteiger partial charge on any atom is -0.396 e. The molecule has 2 saturated carbocycles. The number of fused-ring (bicyclic) bond motifs is 2. The molecule has 4 rings (SSSR count). The fourth-order valence-corrected chi connectivity index (χ4v) is 10.0. The van der Waals surface area contributed by atoms with Gasteiger partial charge in [-0.1, -0.05) is 66.3 Å². The van der Waals surface area contributed by atoms with Gasteiger partial charge in [0, 0.05) is 37.2 Å². The number of methoxy groups -OCH3 is 1. The van der Waals surface area contributed by atoms with E-state index in [0.717, 1.165) is 47.8 Å². The van der Waals surface area contributed by atoms with Crippen molar-refractivity contribution in [1.82, 2.24) is 10.6 Å². The average Bonchev–Trinajstić information content (AvgIpc) is 3.54. The summed E-state index contributed by atoms with van der Waals surface area (Å²) in [5.74, 6) is -0.554. The van der Waals surface area contributed by atoms with Crippen molar-refractivity contribution < 1.29 is 39.8 Å². The number of allylic oxidation sites excluding steroid dienone is 7. The Hall–Kier alpha value is -2.77. The molecule has 0 amide bonds. The Kier molecular flexibility index (Phi) is 18.1. The first kappa shape index (κ1) is 46.9. The number of benzene rings is 1. The quantitative estimate of drug-likeness (QED) is 0.0343. The largest absolute Gasteiger partial charge is 0.396 e. The molecule has 2 bridgehead atoms. The number of aldehydes is 1. The highest BCUT2D eigenvalue weighted by Gasteiger charge is 2.65. The lowest BCUT2D eigenvalue weighted by atomic mass is 9.51. The average molecular weight is 793 g/mol. The summed E-state index contributed by atoms with van der Waals surface area (Å²) in [7, 11) is 3.55. The van der Waals surface area contributed by atoms with Crippen molar-refractivity contribution in [2.75, 3.05) is 53.7 Å². The number of rotatable bonds is 18. The summed E-state index contributed by atoms with van der Waals surface area (Å²) in [5.41, 5.74) is 4.19. The van der Waals surface area contributed by atoms with E-state index >= 15 is 0 Å². The second kappa shape index (κ2) is 22.0. The third-order valence-corrected chi connectivity index (χ3v) is 13.3. The Labute approximate surface area is 341 Å². The van der Waals surface area contributed by atoms with Crippen LogP contribution in [0.3, 0.4) is 0 Å². The summed E-state index contributed by atoms with van der Waals surface area (Å²) in [6.45, 7) is 11.8. The molecule has 1 spiro atoms. The van der Waals surface area contributed by atoms with Gasteiger partial charge in [-0.15, -0.1) is 0 Å². The van der Waals surface area contributed by atoms with E-state index in [0.29, 0.717) is 70.1 Å². The number of carbonyl (C=O) groups excluding carboxylic acids is 1. The Balaban J connectivity index is 1.68. The summed E-state index contributed by atoms with van der Waals surface area (Å²) in [6.07, 6.45) is 13.8. The van der Waals surface area contributed by atoms with Crippen molar-refractivity contribution in [3.63, 3.8) is 0 Å². The van der Waals surface area contributed by atoms with Gasteiger partial charge in [0.25, 0.3) is 0 Å². The van der Waals surface area contributed by atoms with Gasteiger partial charge in [0.1, 0.15) is 12.5 Å². The molecule has 1 aliphatic heterocycles. The molecule has 0 saturated heterocycles. The van der Waals surface area contributed by atoms with Crippen LogP contribution in [0.15, 0.2) is 83.0 Å². The molecule has 8 atom stereocenters. The van der Waals surface area contributed by atoms with Crippen molar-refractivity contribution in [1.29, 1.82) is 0 Å². The van der Waals surface area contributed by atoms with Gasteiger partial charge in [-0.2, -0.15) is 0 Å². The predicted octanol–water partition coefficient (Wildman–Crippen LogP) is 5.28. The molecule has 1 aromatic carbocycles. The van der Waals surface area contributed by atoms with E-state index in [1.165, 1.54) is 11.1 Å². The molecule has 318 valence electrons.